The summed E-state index contributed by atoms with van der Waals surface area (Å²) in [5.41, 5.74) is 2.10. The topological polar surface area (TPSA) is 80.3 Å². The molecule has 2 N–H and O–H groups in total. The Hall–Kier alpha value is -1.83. The molecule has 7 nitrogen and oxygen atoms in total. The molecule has 3 aliphatic rings. The molecule has 27 heavy (non-hydrogen) atoms. The van der Waals surface area contributed by atoms with Gasteiger partial charge < -0.3 is 29.5 Å². The lowest BCUT2D eigenvalue weighted by atomic mass is 10.1. The first kappa shape index (κ1) is 18.5. The Morgan fingerprint density at radius 2 is 2.22 bits per heavy atom. The minimum absolute atomic E-state index is 0.0638. The van der Waals surface area contributed by atoms with Gasteiger partial charge in [-0.3, -0.25) is 4.79 Å². The smallest absolute Gasteiger partial charge is 0.253 e. The van der Waals surface area contributed by atoms with E-state index in [0.717, 1.165) is 48.4 Å². The average Bonchev–Trinajstić information content (AvgIpc) is 3.43. The molecular formula is C20H28N2O5. The Morgan fingerprint density at radius 3 is 2.96 bits per heavy atom. The lowest BCUT2D eigenvalue weighted by Gasteiger charge is -2.30. The van der Waals surface area contributed by atoms with Crippen LogP contribution in [0.3, 0.4) is 0 Å². The van der Waals surface area contributed by atoms with Crippen molar-refractivity contribution in [1.29, 1.82) is 0 Å². The number of hydrogen-bond acceptors (Lipinski definition) is 6. The van der Waals surface area contributed by atoms with Gasteiger partial charge in [0.25, 0.3) is 5.91 Å². The highest BCUT2D eigenvalue weighted by Crippen LogP contribution is 2.37. The number of hydrogen-bond donors (Lipinski definition) is 2. The van der Waals surface area contributed by atoms with Crippen molar-refractivity contribution in [2.75, 3.05) is 39.5 Å². The number of amides is 1. The van der Waals surface area contributed by atoms with Crippen LogP contribution in [0, 0.1) is 0 Å². The molecule has 1 amide bonds. The quantitative estimate of drug-likeness (QED) is 0.655. The highest BCUT2D eigenvalue weighted by atomic mass is 16.5. The molecule has 2 heterocycles. The van der Waals surface area contributed by atoms with Gasteiger partial charge in [0, 0.05) is 50.7 Å². The fraction of sp³-hybridized carbons (Fsp3) is 0.650. The van der Waals surface area contributed by atoms with Gasteiger partial charge in [0.15, 0.2) is 0 Å². The van der Waals surface area contributed by atoms with E-state index < -0.39 is 6.10 Å². The van der Waals surface area contributed by atoms with Gasteiger partial charge in [-0.05, 0) is 30.5 Å². The van der Waals surface area contributed by atoms with Gasteiger partial charge in [0.2, 0.25) is 0 Å². The monoisotopic (exact) mass is 376 g/mol. The predicted molar refractivity (Wildman–Crippen MR) is 99.0 cm³/mol. The molecule has 1 atom stereocenters. The van der Waals surface area contributed by atoms with E-state index in [4.69, 9.17) is 19.3 Å². The van der Waals surface area contributed by atoms with E-state index >= 15 is 0 Å². The molecule has 1 saturated heterocycles. The number of carbonyl (C=O) groups excluding carboxylic acids is 1. The molecule has 0 radical (unpaired) electrons. The van der Waals surface area contributed by atoms with Crippen molar-refractivity contribution in [2.45, 2.75) is 44.4 Å². The normalized spacial score (nSPS) is 21.4. The minimum Gasteiger partial charge on any atom is -0.493 e. The Labute approximate surface area is 159 Å². The zero-order chi connectivity index (χ0) is 18.6. The molecule has 0 aromatic heterocycles. The lowest BCUT2D eigenvalue weighted by Crippen LogP contribution is -2.49. The van der Waals surface area contributed by atoms with E-state index in [1.807, 2.05) is 17.0 Å². The molecule has 4 rings (SSSR count). The fourth-order valence-electron chi connectivity index (χ4n) is 3.66. The van der Waals surface area contributed by atoms with Crippen molar-refractivity contribution >= 4 is 5.91 Å². The molecule has 2 fully saturated rings. The Kier molecular flexibility index (Phi) is 5.80. The average molecular weight is 376 g/mol. The van der Waals surface area contributed by atoms with E-state index in [1.54, 1.807) is 0 Å². The summed E-state index contributed by atoms with van der Waals surface area (Å²) < 4.78 is 17.3. The second-order valence-corrected chi connectivity index (χ2v) is 7.36. The van der Waals surface area contributed by atoms with E-state index in [-0.39, 0.29) is 12.5 Å². The van der Waals surface area contributed by atoms with Gasteiger partial charge in [0.1, 0.15) is 17.6 Å². The second kappa shape index (κ2) is 8.46. The molecule has 2 aliphatic heterocycles. The maximum absolute atomic E-state index is 13.0. The molecule has 7 heteroatoms. The number of benzene rings is 1. The number of fused-ring (bicyclic) bond motifs is 1. The fourth-order valence-corrected chi connectivity index (χ4v) is 3.66. The summed E-state index contributed by atoms with van der Waals surface area (Å²) in [6, 6.07) is 4.35. The molecular weight excluding hydrogens is 348 g/mol. The van der Waals surface area contributed by atoms with Crippen LogP contribution in [0.15, 0.2) is 12.1 Å². The third-order valence-electron chi connectivity index (χ3n) is 5.22. The van der Waals surface area contributed by atoms with Crippen molar-refractivity contribution in [3.8, 4) is 11.5 Å². The van der Waals surface area contributed by atoms with Crippen LogP contribution in [-0.2, 0) is 22.5 Å². The first-order chi connectivity index (χ1) is 13.3. The summed E-state index contributed by atoms with van der Waals surface area (Å²) >= 11 is 0. The van der Waals surface area contributed by atoms with Crippen molar-refractivity contribution in [1.82, 2.24) is 10.2 Å². The third kappa shape index (κ3) is 4.36. The van der Waals surface area contributed by atoms with Gasteiger partial charge >= 0.3 is 0 Å². The van der Waals surface area contributed by atoms with Crippen molar-refractivity contribution < 1.29 is 24.1 Å². The summed E-state index contributed by atoms with van der Waals surface area (Å²) in [5, 5.41) is 12.2. The number of rotatable bonds is 8. The summed E-state index contributed by atoms with van der Waals surface area (Å²) in [7, 11) is 0. The Bertz CT molecular complexity index is 671. The van der Waals surface area contributed by atoms with E-state index in [2.05, 4.69) is 5.32 Å². The van der Waals surface area contributed by atoms with Crippen LogP contribution in [0.25, 0.3) is 0 Å². The van der Waals surface area contributed by atoms with Gasteiger partial charge in [-0.15, -0.1) is 0 Å². The summed E-state index contributed by atoms with van der Waals surface area (Å²) in [6.07, 6.45) is 3.13. The number of aliphatic hydroxyl groups is 1. The Morgan fingerprint density at radius 1 is 1.33 bits per heavy atom. The molecule has 1 saturated carbocycles. The highest BCUT2D eigenvalue weighted by Gasteiger charge is 2.37. The maximum atomic E-state index is 13.0. The number of ether oxygens (including phenoxy) is 3. The van der Waals surface area contributed by atoms with Crippen LogP contribution in [0.1, 0.15) is 30.4 Å². The van der Waals surface area contributed by atoms with Crippen molar-refractivity contribution in [2.24, 2.45) is 0 Å². The SMILES string of the molecule is O=C([C@H]1CNCCO1)N(Cc1cc(OCCCO)c2c(c1)OCC2)C1CC1. The predicted octanol–water partition coefficient (Wildman–Crippen LogP) is 0.862. The van der Waals surface area contributed by atoms with Crippen LogP contribution in [0.2, 0.25) is 0 Å². The zero-order valence-corrected chi connectivity index (χ0v) is 15.6. The molecule has 0 unspecified atom stereocenters. The highest BCUT2D eigenvalue weighted by molar-refractivity contribution is 5.82. The molecule has 148 valence electrons. The van der Waals surface area contributed by atoms with Crippen LogP contribution in [0.4, 0.5) is 0 Å². The van der Waals surface area contributed by atoms with Crippen LogP contribution in [-0.4, -0.2) is 67.6 Å². The first-order valence-electron chi connectivity index (χ1n) is 9.91. The summed E-state index contributed by atoms with van der Waals surface area (Å²) in [6.45, 7) is 3.72. The van der Waals surface area contributed by atoms with E-state index in [1.165, 1.54) is 0 Å². The molecule has 0 bridgehead atoms. The van der Waals surface area contributed by atoms with Crippen molar-refractivity contribution in [3.05, 3.63) is 23.3 Å². The van der Waals surface area contributed by atoms with Crippen molar-refractivity contribution in [3.63, 3.8) is 0 Å². The lowest BCUT2D eigenvalue weighted by molar-refractivity contribution is -0.146. The van der Waals surface area contributed by atoms with Crippen LogP contribution >= 0.6 is 0 Å². The summed E-state index contributed by atoms with van der Waals surface area (Å²) in [5.74, 6) is 1.73. The number of aliphatic hydroxyl groups excluding tert-OH is 1. The zero-order valence-electron chi connectivity index (χ0n) is 15.6. The van der Waals surface area contributed by atoms with Crippen LogP contribution < -0.4 is 14.8 Å². The van der Waals surface area contributed by atoms with E-state index in [9.17, 15) is 4.79 Å². The number of nitrogens with one attached hydrogen (secondary N) is 1. The summed E-state index contributed by atoms with van der Waals surface area (Å²) in [4.78, 5) is 14.9. The van der Waals surface area contributed by atoms with Gasteiger partial charge in [0.05, 0.1) is 19.8 Å². The maximum Gasteiger partial charge on any atom is 0.253 e. The molecule has 1 aromatic rings. The van der Waals surface area contributed by atoms with E-state index in [0.29, 0.717) is 45.4 Å². The van der Waals surface area contributed by atoms with Crippen LogP contribution in [0.5, 0.6) is 11.5 Å². The standard InChI is InChI=1S/C20H28N2O5/c23-6-1-7-25-17-10-14(11-18-16(17)4-8-26-18)13-22(15-2-3-15)20(24)19-12-21-5-9-27-19/h10-11,15,19,21,23H,1-9,12-13H2/t19-/m1/s1. The molecule has 0 spiro atoms. The minimum atomic E-state index is -0.398. The number of nitrogens with zero attached hydrogens (tertiary/aromatic N) is 1. The van der Waals surface area contributed by atoms with Gasteiger partial charge in [-0.2, -0.15) is 0 Å². The number of morpholine rings is 1. The molecule has 1 aliphatic carbocycles. The van der Waals surface area contributed by atoms with Gasteiger partial charge in [-0.25, -0.2) is 0 Å². The number of carbonyl (C=O) groups is 1. The largest absolute Gasteiger partial charge is 0.493 e. The molecule has 1 aromatic carbocycles. The third-order valence-corrected chi connectivity index (χ3v) is 5.22. The van der Waals surface area contributed by atoms with Gasteiger partial charge in [-0.1, -0.05) is 0 Å². The Balaban J connectivity index is 1.51. The first-order valence-corrected chi connectivity index (χ1v) is 9.91. The second-order valence-electron chi connectivity index (χ2n) is 7.36.